The molecule has 4 amide bonds. The maximum absolute atomic E-state index is 13.0. The Balaban J connectivity index is 1.27. The molecule has 1 aliphatic rings. The molecule has 0 unspecified atom stereocenters. The second kappa shape index (κ2) is 11.3. The Morgan fingerprint density at radius 1 is 0.917 bits per heavy atom. The summed E-state index contributed by atoms with van der Waals surface area (Å²) in [6.45, 7) is 1.95. The van der Waals surface area contributed by atoms with Crippen molar-refractivity contribution in [3.05, 3.63) is 77.7 Å². The minimum Gasteiger partial charge on any atom is -0.497 e. The molecule has 1 fully saturated rings. The van der Waals surface area contributed by atoms with Crippen molar-refractivity contribution in [2.45, 2.75) is 6.54 Å². The highest BCUT2D eigenvalue weighted by Gasteiger charge is 2.26. The molecule has 3 aromatic rings. The maximum atomic E-state index is 13.0. The summed E-state index contributed by atoms with van der Waals surface area (Å²) >= 11 is 0. The average molecular weight is 493 g/mol. The summed E-state index contributed by atoms with van der Waals surface area (Å²) in [5.41, 5.74) is 1.89. The number of carbonyl (C=O) groups is 3. The lowest BCUT2D eigenvalue weighted by atomic mass is 10.1. The van der Waals surface area contributed by atoms with Crippen molar-refractivity contribution in [2.75, 3.05) is 45.7 Å². The zero-order chi connectivity index (χ0) is 25.5. The molecule has 4 rings (SSSR count). The number of benzene rings is 2. The zero-order valence-corrected chi connectivity index (χ0v) is 20.2. The number of carbonyl (C=O) groups excluding carboxylic acids is 3. The first-order valence-electron chi connectivity index (χ1n) is 11.5. The van der Waals surface area contributed by atoms with Crippen molar-refractivity contribution in [3.8, 4) is 11.5 Å². The number of anilines is 1. The molecule has 36 heavy (non-hydrogen) atoms. The van der Waals surface area contributed by atoms with Gasteiger partial charge in [0.25, 0.3) is 11.8 Å². The number of nitrogens with zero attached hydrogens (tertiary/aromatic N) is 2. The molecular formula is C26H28N4O6. The summed E-state index contributed by atoms with van der Waals surface area (Å²) in [6, 6.07) is 15.3. The molecule has 1 aliphatic heterocycles. The van der Waals surface area contributed by atoms with Crippen LogP contribution in [0.2, 0.25) is 0 Å². The Bertz CT molecular complexity index is 1220. The van der Waals surface area contributed by atoms with Gasteiger partial charge < -0.3 is 34.3 Å². The SMILES string of the molecule is COc1ccc(C(=O)N2CCN(C(=O)NCc3cccc(NC(=O)c4ccco4)c3)CC2)c(OC)c1. The molecule has 2 N–H and O–H groups in total. The first kappa shape index (κ1) is 24.6. The van der Waals surface area contributed by atoms with E-state index in [1.54, 1.807) is 65.4 Å². The van der Waals surface area contributed by atoms with Crippen molar-refractivity contribution < 1.29 is 28.3 Å². The fraction of sp³-hybridized carbons (Fsp3) is 0.269. The molecule has 10 nitrogen and oxygen atoms in total. The van der Waals surface area contributed by atoms with Crippen LogP contribution in [0.4, 0.5) is 10.5 Å². The van der Waals surface area contributed by atoms with Crippen LogP contribution in [0.25, 0.3) is 0 Å². The van der Waals surface area contributed by atoms with Gasteiger partial charge in [0.15, 0.2) is 5.76 Å². The van der Waals surface area contributed by atoms with E-state index in [-0.39, 0.29) is 23.6 Å². The molecule has 1 aromatic heterocycles. The third kappa shape index (κ3) is 5.77. The fourth-order valence-corrected chi connectivity index (χ4v) is 3.91. The van der Waals surface area contributed by atoms with Crippen molar-refractivity contribution in [3.63, 3.8) is 0 Å². The van der Waals surface area contributed by atoms with E-state index in [0.29, 0.717) is 55.5 Å². The maximum Gasteiger partial charge on any atom is 0.317 e. The first-order chi connectivity index (χ1) is 17.5. The average Bonchev–Trinajstić information content (AvgIpc) is 3.47. The van der Waals surface area contributed by atoms with Gasteiger partial charge in [-0.2, -0.15) is 0 Å². The molecule has 0 spiro atoms. The third-order valence-corrected chi connectivity index (χ3v) is 5.87. The molecule has 10 heteroatoms. The predicted octanol–water partition coefficient (Wildman–Crippen LogP) is 3.22. The van der Waals surface area contributed by atoms with Crippen LogP contribution in [-0.4, -0.2) is 68.0 Å². The summed E-state index contributed by atoms with van der Waals surface area (Å²) in [5.74, 6) is 0.776. The predicted molar refractivity (Wildman–Crippen MR) is 132 cm³/mol. The molecule has 1 saturated heterocycles. The molecule has 2 aromatic carbocycles. The van der Waals surface area contributed by atoms with Crippen molar-refractivity contribution in [1.82, 2.24) is 15.1 Å². The van der Waals surface area contributed by atoms with E-state index in [0.717, 1.165) is 5.56 Å². The second-order valence-electron chi connectivity index (χ2n) is 8.14. The second-order valence-corrected chi connectivity index (χ2v) is 8.14. The number of nitrogens with one attached hydrogen (secondary N) is 2. The van der Waals surface area contributed by atoms with Crippen molar-refractivity contribution >= 4 is 23.5 Å². The van der Waals surface area contributed by atoms with Gasteiger partial charge in [-0.1, -0.05) is 12.1 Å². The Kier molecular flexibility index (Phi) is 7.74. The number of furan rings is 1. The lowest BCUT2D eigenvalue weighted by Gasteiger charge is -2.35. The number of ether oxygens (including phenoxy) is 2. The smallest absolute Gasteiger partial charge is 0.317 e. The molecule has 188 valence electrons. The summed E-state index contributed by atoms with van der Waals surface area (Å²) < 4.78 is 15.6. The normalized spacial score (nSPS) is 13.2. The van der Waals surface area contributed by atoms with Crippen LogP contribution < -0.4 is 20.1 Å². The van der Waals surface area contributed by atoms with Gasteiger partial charge in [-0.15, -0.1) is 0 Å². The molecule has 0 bridgehead atoms. The largest absolute Gasteiger partial charge is 0.497 e. The first-order valence-corrected chi connectivity index (χ1v) is 11.5. The monoisotopic (exact) mass is 492 g/mol. The topological polar surface area (TPSA) is 113 Å². The van der Waals surface area contributed by atoms with Crippen LogP contribution >= 0.6 is 0 Å². The van der Waals surface area contributed by atoms with Gasteiger partial charge in [0.1, 0.15) is 11.5 Å². The van der Waals surface area contributed by atoms with Crippen molar-refractivity contribution in [2.24, 2.45) is 0 Å². The number of rotatable bonds is 7. The van der Waals surface area contributed by atoms with Crippen molar-refractivity contribution in [1.29, 1.82) is 0 Å². The zero-order valence-electron chi connectivity index (χ0n) is 20.2. The van der Waals surface area contributed by atoms with Gasteiger partial charge in [-0.05, 0) is 42.0 Å². The van der Waals surface area contributed by atoms with Crippen LogP contribution in [0.1, 0.15) is 26.5 Å². The Morgan fingerprint density at radius 3 is 2.39 bits per heavy atom. The Hall–Kier alpha value is -4.47. The van der Waals surface area contributed by atoms with E-state index in [1.165, 1.54) is 13.4 Å². The van der Waals surface area contributed by atoms with E-state index in [1.807, 2.05) is 6.07 Å². The van der Waals surface area contributed by atoms with Gasteiger partial charge in [-0.3, -0.25) is 9.59 Å². The summed E-state index contributed by atoms with van der Waals surface area (Å²) in [5, 5.41) is 5.67. The summed E-state index contributed by atoms with van der Waals surface area (Å²) in [4.78, 5) is 41.3. The summed E-state index contributed by atoms with van der Waals surface area (Å²) in [6.07, 6.45) is 1.44. The van der Waals surface area contributed by atoms with Crippen LogP contribution in [0.5, 0.6) is 11.5 Å². The highest BCUT2D eigenvalue weighted by molar-refractivity contribution is 6.02. The number of hydrogen-bond donors (Lipinski definition) is 2. The number of methoxy groups -OCH3 is 2. The van der Waals surface area contributed by atoms with Gasteiger partial charge in [0.2, 0.25) is 0 Å². The highest BCUT2D eigenvalue weighted by Crippen LogP contribution is 2.26. The number of piperazine rings is 1. The highest BCUT2D eigenvalue weighted by atomic mass is 16.5. The van der Waals surface area contributed by atoms with E-state index < -0.39 is 0 Å². The summed E-state index contributed by atoms with van der Waals surface area (Å²) in [7, 11) is 3.06. The lowest BCUT2D eigenvalue weighted by Crippen LogP contribution is -2.53. The Labute approximate surface area is 208 Å². The lowest BCUT2D eigenvalue weighted by molar-refractivity contribution is 0.0661. The quantitative estimate of drug-likeness (QED) is 0.524. The van der Waals surface area contributed by atoms with Crippen LogP contribution in [0.3, 0.4) is 0 Å². The standard InChI is InChI=1S/C26H28N4O6/c1-34-20-8-9-21(23(16-20)35-2)25(32)29-10-12-30(13-11-29)26(33)27-17-18-5-3-6-19(15-18)28-24(31)22-7-4-14-36-22/h3-9,14-16H,10-13,17H2,1-2H3,(H,27,33)(H,28,31). The molecule has 0 radical (unpaired) electrons. The fourth-order valence-electron chi connectivity index (χ4n) is 3.91. The van der Waals surface area contributed by atoms with Gasteiger partial charge >= 0.3 is 6.03 Å². The molecule has 2 heterocycles. The minimum atomic E-state index is -0.346. The molecular weight excluding hydrogens is 464 g/mol. The molecule has 0 saturated carbocycles. The molecule has 0 atom stereocenters. The molecule has 0 aliphatic carbocycles. The number of hydrogen-bond acceptors (Lipinski definition) is 6. The Morgan fingerprint density at radius 2 is 1.69 bits per heavy atom. The van der Waals surface area contributed by atoms with E-state index in [9.17, 15) is 14.4 Å². The van der Waals surface area contributed by atoms with E-state index in [4.69, 9.17) is 13.9 Å². The van der Waals surface area contributed by atoms with Gasteiger partial charge in [0.05, 0.1) is 26.0 Å². The van der Waals surface area contributed by atoms with E-state index in [2.05, 4.69) is 10.6 Å². The number of amides is 4. The van der Waals surface area contributed by atoms with E-state index >= 15 is 0 Å². The van der Waals surface area contributed by atoms with Crippen LogP contribution in [-0.2, 0) is 6.54 Å². The third-order valence-electron chi connectivity index (χ3n) is 5.87. The number of urea groups is 1. The minimum absolute atomic E-state index is 0.150. The van der Waals surface area contributed by atoms with Crippen LogP contribution in [0.15, 0.2) is 65.3 Å². The van der Waals surface area contributed by atoms with Gasteiger partial charge in [0, 0.05) is 44.5 Å². The van der Waals surface area contributed by atoms with Gasteiger partial charge in [-0.25, -0.2) is 4.79 Å². The van der Waals surface area contributed by atoms with Crippen LogP contribution in [0, 0.1) is 0 Å².